The number of hydrogen-bond donors (Lipinski definition) is 1. The Labute approximate surface area is 144 Å². The number of urea groups is 1. The average molecular weight is 332 g/mol. The summed E-state index contributed by atoms with van der Waals surface area (Å²) in [5.74, 6) is -0.0580. The molecular weight excluding hydrogens is 304 g/mol. The highest BCUT2D eigenvalue weighted by Gasteiger charge is 2.28. The van der Waals surface area contributed by atoms with E-state index in [0.29, 0.717) is 13.1 Å². The number of carbonyl (C=O) groups is 2. The van der Waals surface area contributed by atoms with Gasteiger partial charge in [0, 0.05) is 53.0 Å². The minimum absolute atomic E-state index is 0.0173. The second-order valence-corrected chi connectivity index (χ2v) is 6.51. The molecule has 1 N–H and O–H groups in total. The van der Waals surface area contributed by atoms with E-state index in [9.17, 15) is 9.59 Å². The third-order valence-electron chi connectivity index (χ3n) is 4.39. The summed E-state index contributed by atoms with van der Waals surface area (Å²) in [4.78, 5) is 29.9. The van der Waals surface area contributed by atoms with Gasteiger partial charge in [-0.25, -0.2) is 4.79 Å². The van der Waals surface area contributed by atoms with E-state index in [-0.39, 0.29) is 17.9 Å². The number of nitrogens with zero attached hydrogens (tertiary/aromatic N) is 3. The van der Waals surface area contributed by atoms with Crippen LogP contribution in [0.4, 0.5) is 10.5 Å². The van der Waals surface area contributed by atoms with Gasteiger partial charge in [0.1, 0.15) is 0 Å². The van der Waals surface area contributed by atoms with Gasteiger partial charge < -0.3 is 20.0 Å². The fraction of sp³-hybridized carbons (Fsp3) is 0.556. The van der Waals surface area contributed by atoms with Gasteiger partial charge in [-0.2, -0.15) is 0 Å². The largest absolute Gasteiger partial charge is 0.373 e. The number of nitrogens with one attached hydrogen (secondary N) is 1. The monoisotopic (exact) mass is 332 g/mol. The summed E-state index contributed by atoms with van der Waals surface area (Å²) in [6.07, 6.45) is 1.72. The highest BCUT2D eigenvalue weighted by molar-refractivity contribution is 5.80. The third-order valence-corrected chi connectivity index (χ3v) is 4.39. The number of benzene rings is 1. The summed E-state index contributed by atoms with van der Waals surface area (Å²) in [7, 11) is 5.50. The van der Waals surface area contributed by atoms with E-state index in [1.54, 1.807) is 23.9 Å². The molecule has 1 aliphatic heterocycles. The molecular formula is C18H28N4O2. The molecule has 0 unspecified atom stereocenters. The maximum Gasteiger partial charge on any atom is 0.319 e. The predicted molar refractivity (Wildman–Crippen MR) is 96.1 cm³/mol. The van der Waals surface area contributed by atoms with Gasteiger partial charge >= 0.3 is 6.03 Å². The minimum atomic E-state index is -0.107. The van der Waals surface area contributed by atoms with E-state index in [0.717, 1.165) is 31.6 Å². The van der Waals surface area contributed by atoms with Gasteiger partial charge in [0.2, 0.25) is 5.91 Å². The summed E-state index contributed by atoms with van der Waals surface area (Å²) in [6, 6.07) is 10.1. The molecule has 2 rings (SSSR count). The van der Waals surface area contributed by atoms with Crippen LogP contribution >= 0.6 is 0 Å². The lowest BCUT2D eigenvalue weighted by Gasteiger charge is -2.33. The Morgan fingerprint density at radius 1 is 1.21 bits per heavy atom. The molecule has 24 heavy (non-hydrogen) atoms. The zero-order valence-corrected chi connectivity index (χ0v) is 14.9. The van der Waals surface area contributed by atoms with Crippen molar-refractivity contribution in [1.29, 1.82) is 0 Å². The van der Waals surface area contributed by atoms with Crippen molar-refractivity contribution in [2.45, 2.75) is 12.8 Å². The summed E-state index contributed by atoms with van der Waals surface area (Å²) < 4.78 is 0. The Morgan fingerprint density at radius 2 is 1.92 bits per heavy atom. The molecule has 1 atom stereocenters. The number of amides is 3. The number of anilines is 1. The first-order valence-electron chi connectivity index (χ1n) is 8.49. The summed E-state index contributed by atoms with van der Waals surface area (Å²) >= 11 is 0. The highest BCUT2D eigenvalue weighted by Crippen LogP contribution is 2.17. The third kappa shape index (κ3) is 4.88. The SMILES string of the molecule is CN(C)C(=O)N1CCC[C@H](C(=O)NCCN(C)c2ccccc2)C1. The van der Waals surface area contributed by atoms with E-state index >= 15 is 0 Å². The van der Waals surface area contributed by atoms with Crippen molar-refractivity contribution in [3.8, 4) is 0 Å². The molecule has 1 fully saturated rings. The van der Waals surface area contributed by atoms with Crippen molar-refractivity contribution in [3.63, 3.8) is 0 Å². The number of piperidine rings is 1. The first-order valence-corrected chi connectivity index (χ1v) is 8.49. The van der Waals surface area contributed by atoms with Gasteiger partial charge in [-0.15, -0.1) is 0 Å². The lowest BCUT2D eigenvalue weighted by molar-refractivity contribution is -0.126. The van der Waals surface area contributed by atoms with Crippen molar-refractivity contribution >= 4 is 17.6 Å². The molecule has 0 aromatic heterocycles. The van der Waals surface area contributed by atoms with Gasteiger partial charge in [-0.05, 0) is 25.0 Å². The molecule has 0 aliphatic carbocycles. The zero-order valence-electron chi connectivity index (χ0n) is 14.9. The van der Waals surface area contributed by atoms with Crippen LogP contribution in [-0.4, -0.2) is 69.1 Å². The second kappa shape index (κ2) is 8.57. The quantitative estimate of drug-likeness (QED) is 0.892. The van der Waals surface area contributed by atoms with E-state index in [4.69, 9.17) is 0 Å². The molecule has 1 aromatic rings. The summed E-state index contributed by atoms with van der Waals surface area (Å²) in [5, 5.41) is 3.01. The lowest BCUT2D eigenvalue weighted by atomic mass is 9.97. The van der Waals surface area contributed by atoms with Crippen LogP contribution in [0.25, 0.3) is 0 Å². The van der Waals surface area contributed by atoms with Crippen LogP contribution in [-0.2, 0) is 4.79 Å². The Kier molecular flexibility index (Phi) is 6.46. The number of rotatable bonds is 5. The number of hydrogen-bond acceptors (Lipinski definition) is 3. The fourth-order valence-corrected chi connectivity index (χ4v) is 2.95. The molecule has 1 aliphatic rings. The van der Waals surface area contributed by atoms with Crippen molar-refractivity contribution in [2.24, 2.45) is 5.92 Å². The first kappa shape index (κ1) is 18.1. The van der Waals surface area contributed by atoms with Crippen molar-refractivity contribution < 1.29 is 9.59 Å². The standard InChI is InChI=1S/C18H28N4O2/c1-20(2)18(24)22-12-7-8-15(14-22)17(23)19-11-13-21(3)16-9-5-4-6-10-16/h4-6,9-10,15H,7-8,11-14H2,1-3H3,(H,19,23)/t15-/m0/s1. The molecule has 1 heterocycles. The van der Waals surface area contributed by atoms with E-state index in [1.807, 2.05) is 37.4 Å². The Bertz CT molecular complexity index is 547. The van der Waals surface area contributed by atoms with Gasteiger partial charge in [0.15, 0.2) is 0 Å². The maximum atomic E-state index is 12.4. The van der Waals surface area contributed by atoms with Gasteiger partial charge in [0.25, 0.3) is 0 Å². The van der Waals surface area contributed by atoms with Crippen molar-refractivity contribution in [2.75, 3.05) is 52.2 Å². The molecule has 3 amide bonds. The second-order valence-electron chi connectivity index (χ2n) is 6.51. The fourth-order valence-electron chi connectivity index (χ4n) is 2.95. The van der Waals surface area contributed by atoms with Crippen LogP contribution in [0, 0.1) is 5.92 Å². The average Bonchev–Trinajstić information content (AvgIpc) is 2.61. The number of likely N-dealkylation sites (tertiary alicyclic amines) is 1. The summed E-state index contributed by atoms with van der Waals surface area (Å²) in [6.45, 7) is 2.60. The van der Waals surface area contributed by atoms with Gasteiger partial charge in [0.05, 0.1) is 5.92 Å². The Hall–Kier alpha value is -2.24. The molecule has 6 nitrogen and oxygen atoms in total. The van der Waals surface area contributed by atoms with Crippen LogP contribution in [0.1, 0.15) is 12.8 Å². The molecule has 6 heteroatoms. The molecule has 1 aromatic carbocycles. The molecule has 132 valence electrons. The topological polar surface area (TPSA) is 55.9 Å². The molecule has 0 saturated carbocycles. The van der Waals surface area contributed by atoms with Crippen LogP contribution in [0.5, 0.6) is 0 Å². The van der Waals surface area contributed by atoms with Gasteiger partial charge in [-0.3, -0.25) is 4.79 Å². The van der Waals surface area contributed by atoms with Crippen LogP contribution < -0.4 is 10.2 Å². The highest BCUT2D eigenvalue weighted by atomic mass is 16.2. The Morgan fingerprint density at radius 3 is 2.58 bits per heavy atom. The zero-order chi connectivity index (χ0) is 17.5. The van der Waals surface area contributed by atoms with Crippen LogP contribution in [0.3, 0.4) is 0 Å². The maximum absolute atomic E-state index is 12.4. The minimum Gasteiger partial charge on any atom is -0.373 e. The smallest absolute Gasteiger partial charge is 0.319 e. The normalized spacial score (nSPS) is 17.3. The lowest BCUT2D eigenvalue weighted by Crippen LogP contribution is -2.49. The van der Waals surface area contributed by atoms with Crippen molar-refractivity contribution in [3.05, 3.63) is 30.3 Å². The molecule has 0 radical (unpaired) electrons. The first-order chi connectivity index (χ1) is 11.5. The Balaban J connectivity index is 1.77. The van der Waals surface area contributed by atoms with E-state index in [2.05, 4.69) is 10.2 Å². The molecule has 0 spiro atoms. The number of likely N-dealkylation sites (N-methyl/N-ethyl adjacent to an activating group) is 1. The van der Waals surface area contributed by atoms with E-state index in [1.165, 1.54) is 0 Å². The summed E-state index contributed by atoms with van der Waals surface area (Å²) in [5.41, 5.74) is 1.13. The van der Waals surface area contributed by atoms with Crippen molar-refractivity contribution in [1.82, 2.24) is 15.1 Å². The van der Waals surface area contributed by atoms with Crippen LogP contribution in [0.15, 0.2) is 30.3 Å². The molecule has 0 bridgehead atoms. The number of para-hydroxylation sites is 1. The van der Waals surface area contributed by atoms with Gasteiger partial charge in [-0.1, -0.05) is 18.2 Å². The molecule has 1 saturated heterocycles. The predicted octanol–water partition coefficient (Wildman–Crippen LogP) is 1.63. The van der Waals surface area contributed by atoms with E-state index < -0.39 is 0 Å². The van der Waals surface area contributed by atoms with Crippen LogP contribution in [0.2, 0.25) is 0 Å². The number of carbonyl (C=O) groups excluding carboxylic acids is 2.